The van der Waals surface area contributed by atoms with Gasteiger partial charge >= 0.3 is 0 Å². The Morgan fingerprint density at radius 3 is 2.48 bits per heavy atom. The van der Waals surface area contributed by atoms with E-state index in [4.69, 9.17) is 0 Å². The molecule has 1 aromatic carbocycles. The van der Waals surface area contributed by atoms with Crippen molar-refractivity contribution in [2.45, 2.75) is 24.3 Å². The van der Waals surface area contributed by atoms with Crippen LogP contribution in [0.15, 0.2) is 23.1 Å². The van der Waals surface area contributed by atoms with Gasteiger partial charge in [0.2, 0.25) is 20.0 Å². The molecule has 0 aliphatic carbocycles. The SMILES string of the molecule is CC(O)C1CCN(S(=O)(=O)c2ccc(NS(C)(=O)=O)cc2F)C1. The van der Waals surface area contributed by atoms with E-state index in [1.54, 1.807) is 6.92 Å². The van der Waals surface area contributed by atoms with Gasteiger partial charge in [-0.25, -0.2) is 21.2 Å². The monoisotopic (exact) mass is 366 g/mol. The van der Waals surface area contributed by atoms with Gasteiger partial charge in [-0.1, -0.05) is 0 Å². The van der Waals surface area contributed by atoms with Crippen molar-refractivity contribution in [1.82, 2.24) is 4.31 Å². The van der Waals surface area contributed by atoms with Gasteiger partial charge in [-0.3, -0.25) is 4.72 Å². The first kappa shape index (κ1) is 18.1. The van der Waals surface area contributed by atoms with Crippen molar-refractivity contribution in [2.75, 3.05) is 24.1 Å². The van der Waals surface area contributed by atoms with E-state index >= 15 is 0 Å². The Morgan fingerprint density at radius 1 is 1.35 bits per heavy atom. The Balaban J connectivity index is 2.27. The second kappa shape index (κ2) is 6.34. The van der Waals surface area contributed by atoms with Gasteiger partial charge in [0.25, 0.3) is 0 Å². The predicted molar refractivity (Wildman–Crippen MR) is 83.4 cm³/mol. The maximum Gasteiger partial charge on any atom is 0.245 e. The molecule has 0 spiro atoms. The van der Waals surface area contributed by atoms with Crippen LogP contribution in [-0.4, -0.2) is 51.7 Å². The van der Waals surface area contributed by atoms with E-state index < -0.39 is 36.9 Å². The topological polar surface area (TPSA) is 104 Å². The minimum Gasteiger partial charge on any atom is -0.393 e. The lowest BCUT2D eigenvalue weighted by Crippen LogP contribution is -2.31. The second-order valence-electron chi connectivity index (χ2n) is 5.67. The minimum atomic E-state index is -4.03. The van der Waals surface area contributed by atoms with Crippen molar-refractivity contribution < 1.29 is 26.3 Å². The molecule has 0 aromatic heterocycles. The number of hydrogen-bond acceptors (Lipinski definition) is 5. The molecule has 1 fully saturated rings. The summed E-state index contributed by atoms with van der Waals surface area (Å²) in [5.41, 5.74) is -0.0489. The molecule has 1 heterocycles. The average molecular weight is 366 g/mol. The molecule has 10 heteroatoms. The van der Waals surface area contributed by atoms with Crippen LogP contribution < -0.4 is 4.72 Å². The fourth-order valence-corrected chi connectivity index (χ4v) is 4.60. The molecule has 0 radical (unpaired) electrons. The number of sulfonamides is 2. The summed E-state index contributed by atoms with van der Waals surface area (Å²) < 4.78 is 64.6. The fourth-order valence-electron chi connectivity index (χ4n) is 2.49. The highest BCUT2D eigenvalue weighted by molar-refractivity contribution is 7.92. The summed E-state index contributed by atoms with van der Waals surface area (Å²) in [5, 5.41) is 9.54. The predicted octanol–water partition coefficient (Wildman–Crippen LogP) is 0.589. The van der Waals surface area contributed by atoms with Crippen LogP contribution in [0.5, 0.6) is 0 Å². The zero-order valence-corrected chi connectivity index (χ0v) is 14.4. The van der Waals surface area contributed by atoms with Gasteiger partial charge in [0, 0.05) is 13.1 Å². The van der Waals surface area contributed by atoms with Crippen LogP contribution in [0.2, 0.25) is 0 Å². The quantitative estimate of drug-likeness (QED) is 0.794. The molecule has 1 aromatic rings. The molecule has 2 atom stereocenters. The molecule has 2 rings (SSSR count). The van der Waals surface area contributed by atoms with Gasteiger partial charge < -0.3 is 5.11 Å². The number of nitrogens with zero attached hydrogens (tertiary/aromatic N) is 1. The van der Waals surface area contributed by atoms with Crippen molar-refractivity contribution in [2.24, 2.45) is 5.92 Å². The Hall–Kier alpha value is -1.23. The molecule has 1 saturated heterocycles. The summed E-state index contributed by atoms with van der Waals surface area (Å²) in [6, 6.07) is 3.06. The number of hydrogen-bond donors (Lipinski definition) is 2. The first-order valence-corrected chi connectivity index (χ1v) is 10.3. The van der Waals surface area contributed by atoms with Gasteiger partial charge in [-0.2, -0.15) is 4.31 Å². The minimum absolute atomic E-state index is 0.0489. The van der Waals surface area contributed by atoms with Gasteiger partial charge in [0.1, 0.15) is 10.7 Å². The third-order valence-electron chi connectivity index (χ3n) is 3.72. The maximum atomic E-state index is 14.1. The van der Waals surface area contributed by atoms with Crippen molar-refractivity contribution in [1.29, 1.82) is 0 Å². The normalized spacial score (nSPS) is 21.3. The van der Waals surface area contributed by atoms with Gasteiger partial charge in [0.15, 0.2) is 0 Å². The zero-order chi connectivity index (χ0) is 17.4. The van der Waals surface area contributed by atoms with Crippen LogP contribution in [0.3, 0.4) is 0 Å². The summed E-state index contributed by atoms with van der Waals surface area (Å²) in [6.45, 7) is 1.93. The highest BCUT2D eigenvalue weighted by Gasteiger charge is 2.35. The number of anilines is 1. The molecule has 23 heavy (non-hydrogen) atoms. The Bertz CT molecular complexity index is 793. The summed E-state index contributed by atoms with van der Waals surface area (Å²) >= 11 is 0. The molecule has 0 saturated carbocycles. The molecule has 0 amide bonds. The standard InChI is InChI=1S/C13H19FN2O5S2/c1-9(17)10-5-6-16(8-10)23(20,21)13-4-3-11(7-12(13)14)15-22(2,18)19/h3-4,7,9-10,15,17H,5-6,8H2,1-2H3. The molecule has 2 unspecified atom stereocenters. The van der Waals surface area contributed by atoms with Crippen LogP contribution in [-0.2, 0) is 20.0 Å². The largest absolute Gasteiger partial charge is 0.393 e. The molecule has 1 aliphatic rings. The van der Waals surface area contributed by atoms with Gasteiger partial charge in [-0.15, -0.1) is 0 Å². The smallest absolute Gasteiger partial charge is 0.245 e. The van der Waals surface area contributed by atoms with Crippen LogP contribution in [0.1, 0.15) is 13.3 Å². The second-order valence-corrected chi connectivity index (χ2v) is 9.33. The third kappa shape index (κ3) is 4.19. The number of rotatable bonds is 5. The van der Waals surface area contributed by atoms with E-state index in [0.717, 1.165) is 22.7 Å². The summed E-state index contributed by atoms with van der Waals surface area (Å²) in [5.74, 6) is -1.21. The molecular weight excluding hydrogens is 347 g/mol. The lowest BCUT2D eigenvalue weighted by molar-refractivity contribution is 0.133. The molecular formula is C13H19FN2O5S2. The van der Waals surface area contributed by atoms with E-state index in [2.05, 4.69) is 4.72 Å². The molecule has 0 bridgehead atoms. The van der Waals surface area contributed by atoms with E-state index in [1.165, 1.54) is 6.07 Å². The summed E-state index contributed by atoms with van der Waals surface area (Å²) in [6.07, 6.45) is 0.781. The van der Waals surface area contributed by atoms with E-state index in [9.17, 15) is 26.3 Å². The lowest BCUT2D eigenvalue weighted by atomic mass is 10.0. The first-order valence-electron chi connectivity index (χ1n) is 6.96. The third-order valence-corrected chi connectivity index (χ3v) is 6.23. The number of benzene rings is 1. The van der Waals surface area contributed by atoms with Gasteiger partial charge in [0.05, 0.1) is 18.0 Å². The average Bonchev–Trinajstić information content (AvgIpc) is 2.86. The van der Waals surface area contributed by atoms with Crippen molar-refractivity contribution in [3.8, 4) is 0 Å². The number of halogens is 1. The number of nitrogens with one attached hydrogen (secondary N) is 1. The van der Waals surface area contributed by atoms with Crippen molar-refractivity contribution >= 4 is 25.7 Å². The maximum absolute atomic E-state index is 14.1. The molecule has 1 aliphatic heterocycles. The van der Waals surface area contributed by atoms with E-state index in [0.29, 0.717) is 6.42 Å². The number of aliphatic hydroxyl groups is 1. The Morgan fingerprint density at radius 2 is 2.00 bits per heavy atom. The zero-order valence-electron chi connectivity index (χ0n) is 12.7. The van der Waals surface area contributed by atoms with Crippen molar-refractivity contribution in [3.05, 3.63) is 24.0 Å². The summed E-state index contributed by atoms with van der Waals surface area (Å²) in [7, 11) is -7.61. The fraction of sp³-hybridized carbons (Fsp3) is 0.538. The Labute approximate surface area is 135 Å². The summed E-state index contributed by atoms with van der Waals surface area (Å²) in [4.78, 5) is -0.511. The highest BCUT2D eigenvalue weighted by Crippen LogP contribution is 2.28. The molecule has 7 nitrogen and oxygen atoms in total. The van der Waals surface area contributed by atoms with Crippen LogP contribution in [0.25, 0.3) is 0 Å². The van der Waals surface area contributed by atoms with E-state index in [1.807, 2.05) is 0 Å². The molecule has 2 N–H and O–H groups in total. The first-order chi connectivity index (χ1) is 10.5. The highest BCUT2D eigenvalue weighted by atomic mass is 32.2. The van der Waals surface area contributed by atoms with Crippen LogP contribution in [0, 0.1) is 11.7 Å². The van der Waals surface area contributed by atoms with Crippen LogP contribution >= 0.6 is 0 Å². The molecule has 130 valence electrons. The lowest BCUT2D eigenvalue weighted by Gasteiger charge is -2.18. The van der Waals surface area contributed by atoms with E-state index in [-0.39, 0.29) is 24.7 Å². The Kier molecular flexibility index (Phi) is 5.00. The van der Waals surface area contributed by atoms with Gasteiger partial charge in [-0.05, 0) is 37.5 Å². The van der Waals surface area contributed by atoms with Crippen LogP contribution in [0.4, 0.5) is 10.1 Å². The number of aliphatic hydroxyl groups excluding tert-OH is 1. The van der Waals surface area contributed by atoms with Crippen molar-refractivity contribution in [3.63, 3.8) is 0 Å².